The molecule has 108 valence electrons. The van der Waals surface area contributed by atoms with Crippen LogP contribution in [-0.2, 0) is 16.8 Å². The molecule has 0 aromatic heterocycles. The summed E-state index contributed by atoms with van der Waals surface area (Å²) >= 11 is 0. The van der Waals surface area contributed by atoms with Crippen LogP contribution in [0.1, 0.15) is 25.0 Å². The lowest BCUT2D eigenvalue weighted by Crippen LogP contribution is -2.36. The lowest BCUT2D eigenvalue weighted by Gasteiger charge is -2.21. The van der Waals surface area contributed by atoms with Crippen LogP contribution in [0.25, 0.3) is 0 Å². The van der Waals surface area contributed by atoms with E-state index >= 15 is 0 Å². The number of halogens is 1. The molecule has 0 saturated carbocycles. The minimum Gasteiger partial charge on any atom is -0.396 e. The number of nitrogen functional groups attached to an aromatic ring is 1. The van der Waals surface area contributed by atoms with Gasteiger partial charge in [-0.15, -0.1) is 0 Å². The van der Waals surface area contributed by atoms with E-state index in [4.69, 9.17) is 5.73 Å². The minimum atomic E-state index is -0.590. The Morgan fingerprint density at radius 2 is 1.86 bits per heavy atom. The van der Waals surface area contributed by atoms with E-state index in [1.54, 1.807) is 17.0 Å². The third kappa shape index (κ3) is 1.98. The number of nitrogens with two attached hydrogens (primary N) is 1. The molecule has 2 aromatic rings. The molecule has 4 heteroatoms. The second-order valence-corrected chi connectivity index (χ2v) is 5.85. The van der Waals surface area contributed by atoms with E-state index in [0.717, 1.165) is 11.3 Å². The van der Waals surface area contributed by atoms with Crippen molar-refractivity contribution in [2.45, 2.75) is 25.8 Å². The van der Waals surface area contributed by atoms with Crippen molar-refractivity contribution >= 4 is 17.3 Å². The molecule has 0 fully saturated rings. The fourth-order valence-corrected chi connectivity index (χ4v) is 2.85. The molecule has 0 spiro atoms. The first-order valence-electron chi connectivity index (χ1n) is 6.87. The average Bonchev–Trinajstić information content (AvgIpc) is 2.65. The normalized spacial score (nSPS) is 16.1. The quantitative estimate of drug-likeness (QED) is 0.861. The Balaban J connectivity index is 2.04. The lowest BCUT2D eigenvalue weighted by atomic mass is 9.86. The van der Waals surface area contributed by atoms with Crippen molar-refractivity contribution in [1.82, 2.24) is 0 Å². The molecule has 1 amide bonds. The van der Waals surface area contributed by atoms with Crippen molar-refractivity contribution in [2.24, 2.45) is 0 Å². The zero-order chi connectivity index (χ0) is 15.2. The highest BCUT2D eigenvalue weighted by atomic mass is 19.1. The fraction of sp³-hybridized carbons (Fsp3) is 0.235. The van der Waals surface area contributed by atoms with Crippen LogP contribution in [0.3, 0.4) is 0 Å². The molecule has 1 aliphatic rings. The predicted octanol–water partition coefficient (Wildman–Crippen LogP) is 3.23. The molecule has 2 aromatic carbocycles. The predicted molar refractivity (Wildman–Crippen MR) is 81.5 cm³/mol. The summed E-state index contributed by atoms with van der Waals surface area (Å²) in [7, 11) is 0. The van der Waals surface area contributed by atoms with Gasteiger partial charge in [0.25, 0.3) is 0 Å². The number of amides is 1. The standard InChI is InChI=1S/C17H17FN2O/c1-17(2)12-7-3-4-9-14(12)20(16(17)21)10-11-6-5-8-13(19)15(11)18/h3-9H,10,19H2,1-2H3. The number of carbonyl (C=O) groups excluding carboxylic acids is 1. The average molecular weight is 284 g/mol. The molecular weight excluding hydrogens is 267 g/mol. The maximum absolute atomic E-state index is 14.1. The third-order valence-corrected chi connectivity index (χ3v) is 4.09. The maximum atomic E-state index is 14.1. The summed E-state index contributed by atoms with van der Waals surface area (Å²) in [6, 6.07) is 12.5. The van der Waals surface area contributed by atoms with Crippen molar-refractivity contribution in [2.75, 3.05) is 10.6 Å². The highest BCUT2D eigenvalue weighted by molar-refractivity contribution is 6.07. The number of fused-ring (bicyclic) bond motifs is 1. The molecule has 0 saturated heterocycles. The number of benzene rings is 2. The van der Waals surface area contributed by atoms with Crippen molar-refractivity contribution in [3.8, 4) is 0 Å². The van der Waals surface area contributed by atoms with Crippen LogP contribution in [0.2, 0.25) is 0 Å². The van der Waals surface area contributed by atoms with E-state index in [2.05, 4.69) is 0 Å². The largest absolute Gasteiger partial charge is 0.396 e. The Bertz CT molecular complexity index is 724. The van der Waals surface area contributed by atoms with Gasteiger partial charge in [-0.3, -0.25) is 4.79 Å². The van der Waals surface area contributed by atoms with Gasteiger partial charge in [-0.05, 0) is 31.5 Å². The first-order chi connectivity index (χ1) is 9.93. The van der Waals surface area contributed by atoms with Gasteiger partial charge >= 0.3 is 0 Å². The van der Waals surface area contributed by atoms with Gasteiger partial charge < -0.3 is 10.6 Å². The van der Waals surface area contributed by atoms with E-state index in [1.165, 1.54) is 6.07 Å². The zero-order valence-corrected chi connectivity index (χ0v) is 12.1. The highest BCUT2D eigenvalue weighted by Gasteiger charge is 2.43. The summed E-state index contributed by atoms with van der Waals surface area (Å²) in [6.45, 7) is 3.98. The molecule has 21 heavy (non-hydrogen) atoms. The van der Waals surface area contributed by atoms with Crippen LogP contribution in [0, 0.1) is 5.82 Å². The van der Waals surface area contributed by atoms with Crippen LogP contribution in [0.15, 0.2) is 42.5 Å². The van der Waals surface area contributed by atoms with Gasteiger partial charge in [0.15, 0.2) is 5.82 Å². The van der Waals surface area contributed by atoms with Crippen molar-refractivity contribution in [3.63, 3.8) is 0 Å². The molecule has 0 radical (unpaired) electrons. The molecule has 0 atom stereocenters. The summed E-state index contributed by atoms with van der Waals surface area (Å²) in [5, 5.41) is 0. The van der Waals surface area contributed by atoms with Crippen LogP contribution >= 0.6 is 0 Å². The number of nitrogens with zero attached hydrogens (tertiary/aromatic N) is 1. The first-order valence-corrected chi connectivity index (χ1v) is 6.87. The zero-order valence-electron chi connectivity index (χ0n) is 12.1. The third-order valence-electron chi connectivity index (χ3n) is 4.09. The summed E-state index contributed by atoms with van der Waals surface area (Å²) in [5.41, 5.74) is 7.35. The van der Waals surface area contributed by atoms with Crippen molar-refractivity contribution in [1.29, 1.82) is 0 Å². The van der Waals surface area contributed by atoms with Crippen LogP contribution < -0.4 is 10.6 Å². The van der Waals surface area contributed by atoms with Gasteiger partial charge in [-0.2, -0.15) is 0 Å². The van der Waals surface area contributed by atoms with Crippen LogP contribution in [-0.4, -0.2) is 5.91 Å². The Hall–Kier alpha value is -2.36. The Kier molecular flexibility index (Phi) is 2.97. The summed E-state index contributed by atoms with van der Waals surface area (Å²) in [5.74, 6) is -0.474. The molecule has 0 unspecified atom stereocenters. The van der Waals surface area contributed by atoms with Gasteiger partial charge in [0.2, 0.25) is 5.91 Å². The Labute approximate surface area is 123 Å². The van der Waals surface area contributed by atoms with Gasteiger partial charge in [-0.1, -0.05) is 30.3 Å². The maximum Gasteiger partial charge on any atom is 0.237 e. The van der Waals surface area contributed by atoms with E-state index in [9.17, 15) is 9.18 Å². The molecule has 2 N–H and O–H groups in total. The SMILES string of the molecule is CC1(C)C(=O)N(Cc2cccc(N)c2F)c2ccccc21. The molecule has 1 aliphatic heterocycles. The second kappa shape index (κ2) is 4.58. The highest BCUT2D eigenvalue weighted by Crippen LogP contribution is 2.42. The monoisotopic (exact) mass is 284 g/mol. The summed E-state index contributed by atoms with van der Waals surface area (Å²) < 4.78 is 14.1. The van der Waals surface area contributed by atoms with Crippen LogP contribution in [0.5, 0.6) is 0 Å². The number of anilines is 2. The molecule has 3 rings (SSSR count). The molecule has 0 bridgehead atoms. The van der Waals surface area contributed by atoms with Gasteiger partial charge in [0.05, 0.1) is 17.6 Å². The Morgan fingerprint density at radius 1 is 1.14 bits per heavy atom. The minimum absolute atomic E-state index is 0.0227. The van der Waals surface area contributed by atoms with Crippen molar-refractivity contribution < 1.29 is 9.18 Å². The number of carbonyl (C=O) groups is 1. The number of para-hydroxylation sites is 1. The first kappa shape index (κ1) is 13.6. The van der Waals surface area contributed by atoms with Gasteiger partial charge in [0.1, 0.15) is 0 Å². The summed E-state index contributed by atoms with van der Waals surface area (Å²) in [4.78, 5) is 14.3. The van der Waals surface area contributed by atoms with E-state index in [0.29, 0.717) is 5.56 Å². The topological polar surface area (TPSA) is 46.3 Å². The van der Waals surface area contributed by atoms with Gasteiger partial charge in [-0.25, -0.2) is 4.39 Å². The van der Waals surface area contributed by atoms with Crippen molar-refractivity contribution in [3.05, 3.63) is 59.4 Å². The number of hydrogen-bond acceptors (Lipinski definition) is 2. The molecular formula is C17H17FN2O. The molecule has 0 aliphatic carbocycles. The Morgan fingerprint density at radius 3 is 2.62 bits per heavy atom. The second-order valence-electron chi connectivity index (χ2n) is 5.85. The number of hydrogen-bond donors (Lipinski definition) is 1. The van der Waals surface area contributed by atoms with E-state index < -0.39 is 11.2 Å². The summed E-state index contributed by atoms with van der Waals surface area (Å²) in [6.07, 6.45) is 0. The van der Waals surface area contributed by atoms with Gasteiger partial charge in [0, 0.05) is 11.3 Å². The van der Waals surface area contributed by atoms with E-state index in [-0.39, 0.29) is 18.1 Å². The molecule has 1 heterocycles. The lowest BCUT2D eigenvalue weighted by molar-refractivity contribution is -0.122. The van der Waals surface area contributed by atoms with E-state index in [1.807, 2.05) is 38.1 Å². The van der Waals surface area contributed by atoms with Crippen LogP contribution in [0.4, 0.5) is 15.8 Å². The smallest absolute Gasteiger partial charge is 0.237 e. The fourth-order valence-electron chi connectivity index (χ4n) is 2.85. The molecule has 3 nitrogen and oxygen atoms in total. The number of rotatable bonds is 2.